The van der Waals surface area contributed by atoms with Crippen molar-refractivity contribution in [2.45, 2.75) is 58.2 Å². The van der Waals surface area contributed by atoms with Crippen LogP contribution in [0.4, 0.5) is 0 Å². The third-order valence-corrected chi connectivity index (χ3v) is 5.74. The first-order valence-electron chi connectivity index (χ1n) is 10.9. The van der Waals surface area contributed by atoms with Crippen molar-refractivity contribution in [1.29, 1.82) is 0 Å². The van der Waals surface area contributed by atoms with Crippen molar-refractivity contribution in [3.05, 3.63) is 59.7 Å². The molecule has 1 saturated carbocycles. The Balaban J connectivity index is 1.72. The highest BCUT2D eigenvalue weighted by Crippen LogP contribution is 2.20. The van der Waals surface area contributed by atoms with E-state index in [2.05, 4.69) is 5.32 Å². The lowest BCUT2D eigenvalue weighted by atomic mass is 10.1. The standard InChI is InChI=1S/C25H32N2O4/c1-18-11-13-22(14-12-18)31-17-24(28)27(16-20-7-6-10-23(15-20)30-3)19(2)25(29)26-21-8-4-5-9-21/h6-7,10-15,19,21H,4-5,8-9,16-17H2,1-3H3,(H,26,29). The maximum atomic E-state index is 13.1. The molecule has 1 aliphatic carbocycles. The molecule has 1 aliphatic rings. The lowest BCUT2D eigenvalue weighted by Crippen LogP contribution is -2.50. The first-order valence-corrected chi connectivity index (χ1v) is 10.9. The molecule has 0 bridgehead atoms. The smallest absolute Gasteiger partial charge is 0.261 e. The first-order chi connectivity index (χ1) is 15.0. The fraction of sp³-hybridized carbons (Fsp3) is 0.440. The molecule has 2 amide bonds. The molecule has 0 aromatic heterocycles. The van der Waals surface area contributed by atoms with E-state index >= 15 is 0 Å². The molecule has 6 nitrogen and oxygen atoms in total. The highest BCUT2D eigenvalue weighted by molar-refractivity contribution is 5.88. The number of methoxy groups -OCH3 is 1. The topological polar surface area (TPSA) is 67.9 Å². The molecule has 1 unspecified atom stereocenters. The van der Waals surface area contributed by atoms with Crippen LogP contribution in [-0.2, 0) is 16.1 Å². The molecule has 0 aliphatic heterocycles. The lowest BCUT2D eigenvalue weighted by Gasteiger charge is -2.29. The molecule has 0 heterocycles. The number of ether oxygens (including phenoxy) is 2. The van der Waals surface area contributed by atoms with Gasteiger partial charge in [-0.3, -0.25) is 9.59 Å². The number of aryl methyl sites for hydroxylation is 1. The third kappa shape index (κ3) is 6.48. The minimum absolute atomic E-state index is 0.126. The van der Waals surface area contributed by atoms with E-state index in [4.69, 9.17) is 9.47 Å². The van der Waals surface area contributed by atoms with Crippen LogP contribution in [0.1, 0.15) is 43.7 Å². The molecule has 6 heteroatoms. The van der Waals surface area contributed by atoms with Crippen LogP contribution in [0, 0.1) is 6.92 Å². The largest absolute Gasteiger partial charge is 0.497 e. The summed E-state index contributed by atoms with van der Waals surface area (Å²) in [5.74, 6) is 0.975. The number of carbonyl (C=O) groups excluding carboxylic acids is 2. The van der Waals surface area contributed by atoms with Gasteiger partial charge >= 0.3 is 0 Å². The molecular weight excluding hydrogens is 392 g/mol. The van der Waals surface area contributed by atoms with Crippen molar-refractivity contribution < 1.29 is 19.1 Å². The van der Waals surface area contributed by atoms with Crippen LogP contribution < -0.4 is 14.8 Å². The molecule has 0 spiro atoms. The molecule has 3 rings (SSSR count). The van der Waals surface area contributed by atoms with Gasteiger partial charge in [0, 0.05) is 12.6 Å². The third-order valence-electron chi connectivity index (χ3n) is 5.74. The predicted octanol–water partition coefficient (Wildman–Crippen LogP) is 3.86. The maximum absolute atomic E-state index is 13.1. The average molecular weight is 425 g/mol. The second kappa shape index (κ2) is 10.8. The van der Waals surface area contributed by atoms with Crippen LogP contribution in [0.2, 0.25) is 0 Å². The number of benzene rings is 2. The predicted molar refractivity (Wildman–Crippen MR) is 120 cm³/mol. The zero-order valence-electron chi connectivity index (χ0n) is 18.6. The Kier molecular flexibility index (Phi) is 7.93. The van der Waals surface area contributed by atoms with Crippen molar-refractivity contribution in [3.8, 4) is 11.5 Å². The van der Waals surface area contributed by atoms with Gasteiger partial charge in [0.1, 0.15) is 17.5 Å². The van der Waals surface area contributed by atoms with Gasteiger partial charge in [0.25, 0.3) is 5.91 Å². The van der Waals surface area contributed by atoms with Gasteiger partial charge in [-0.25, -0.2) is 0 Å². The summed E-state index contributed by atoms with van der Waals surface area (Å²) in [6.07, 6.45) is 4.27. The normalized spacial score (nSPS) is 14.7. The molecule has 0 saturated heterocycles. The Labute approximate surface area is 184 Å². The van der Waals surface area contributed by atoms with E-state index < -0.39 is 6.04 Å². The summed E-state index contributed by atoms with van der Waals surface area (Å²) in [6.45, 7) is 3.93. The minimum Gasteiger partial charge on any atom is -0.497 e. The van der Waals surface area contributed by atoms with Crippen LogP contribution >= 0.6 is 0 Å². The number of nitrogens with zero attached hydrogens (tertiary/aromatic N) is 1. The summed E-state index contributed by atoms with van der Waals surface area (Å²) in [7, 11) is 1.61. The lowest BCUT2D eigenvalue weighted by molar-refractivity contribution is -0.142. The summed E-state index contributed by atoms with van der Waals surface area (Å²) in [5.41, 5.74) is 2.01. The molecule has 0 radical (unpaired) electrons. The summed E-state index contributed by atoms with van der Waals surface area (Å²) >= 11 is 0. The Bertz CT molecular complexity index is 875. The van der Waals surface area contributed by atoms with Gasteiger partial charge in [0.2, 0.25) is 5.91 Å². The molecule has 2 aromatic carbocycles. The summed E-state index contributed by atoms with van der Waals surface area (Å²) in [6, 6.07) is 14.7. The monoisotopic (exact) mass is 424 g/mol. The van der Waals surface area contributed by atoms with Gasteiger partial charge in [-0.05, 0) is 56.5 Å². The number of amides is 2. The van der Waals surface area contributed by atoms with Crippen LogP contribution in [-0.4, -0.2) is 42.5 Å². The average Bonchev–Trinajstić information content (AvgIpc) is 3.29. The molecule has 31 heavy (non-hydrogen) atoms. The SMILES string of the molecule is COc1cccc(CN(C(=O)COc2ccc(C)cc2)C(C)C(=O)NC2CCCC2)c1. The number of rotatable bonds is 9. The molecule has 2 aromatic rings. The zero-order chi connectivity index (χ0) is 22.2. The van der Waals surface area contributed by atoms with E-state index in [1.54, 1.807) is 18.9 Å². The molecule has 1 atom stereocenters. The van der Waals surface area contributed by atoms with Gasteiger partial charge in [-0.1, -0.05) is 42.7 Å². The summed E-state index contributed by atoms with van der Waals surface area (Å²) in [5, 5.41) is 3.10. The number of carbonyl (C=O) groups is 2. The van der Waals surface area contributed by atoms with Crippen molar-refractivity contribution in [3.63, 3.8) is 0 Å². The van der Waals surface area contributed by atoms with Crippen molar-refractivity contribution in [2.24, 2.45) is 0 Å². The Hall–Kier alpha value is -3.02. The maximum Gasteiger partial charge on any atom is 0.261 e. The van der Waals surface area contributed by atoms with E-state index in [9.17, 15) is 9.59 Å². The zero-order valence-corrected chi connectivity index (χ0v) is 18.6. The second-order valence-corrected chi connectivity index (χ2v) is 8.14. The minimum atomic E-state index is -0.610. The number of hydrogen-bond donors (Lipinski definition) is 1. The Morgan fingerprint density at radius 3 is 2.48 bits per heavy atom. The van der Waals surface area contributed by atoms with Gasteiger partial charge in [0.15, 0.2) is 6.61 Å². The van der Waals surface area contributed by atoms with E-state index in [-0.39, 0.29) is 24.5 Å². The molecule has 1 fully saturated rings. The fourth-order valence-electron chi connectivity index (χ4n) is 3.80. The van der Waals surface area contributed by atoms with Crippen LogP contribution in [0.25, 0.3) is 0 Å². The van der Waals surface area contributed by atoms with Gasteiger partial charge in [0.05, 0.1) is 7.11 Å². The van der Waals surface area contributed by atoms with Crippen molar-refractivity contribution >= 4 is 11.8 Å². The second-order valence-electron chi connectivity index (χ2n) is 8.14. The number of hydrogen-bond acceptors (Lipinski definition) is 4. The van der Waals surface area contributed by atoms with Crippen molar-refractivity contribution in [1.82, 2.24) is 10.2 Å². The van der Waals surface area contributed by atoms with E-state index in [0.29, 0.717) is 18.0 Å². The molecular formula is C25H32N2O4. The van der Waals surface area contributed by atoms with E-state index in [1.165, 1.54) is 0 Å². The molecule has 166 valence electrons. The Morgan fingerprint density at radius 1 is 1.10 bits per heavy atom. The van der Waals surface area contributed by atoms with Crippen LogP contribution in [0.5, 0.6) is 11.5 Å². The van der Waals surface area contributed by atoms with Gasteiger partial charge in [-0.15, -0.1) is 0 Å². The van der Waals surface area contributed by atoms with Gasteiger partial charge < -0.3 is 19.7 Å². The molecule has 1 N–H and O–H groups in total. The Morgan fingerprint density at radius 2 is 1.81 bits per heavy atom. The quantitative estimate of drug-likeness (QED) is 0.664. The van der Waals surface area contributed by atoms with Crippen LogP contribution in [0.15, 0.2) is 48.5 Å². The van der Waals surface area contributed by atoms with E-state index in [1.807, 2.05) is 55.5 Å². The van der Waals surface area contributed by atoms with Gasteiger partial charge in [-0.2, -0.15) is 0 Å². The van der Waals surface area contributed by atoms with E-state index in [0.717, 1.165) is 36.8 Å². The van der Waals surface area contributed by atoms with Crippen molar-refractivity contribution in [2.75, 3.05) is 13.7 Å². The summed E-state index contributed by atoms with van der Waals surface area (Å²) in [4.78, 5) is 27.6. The van der Waals surface area contributed by atoms with Crippen LogP contribution in [0.3, 0.4) is 0 Å². The number of nitrogens with one attached hydrogen (secondary N) is 1. The fourth-order valence-corrected chi connectivity index (χ4v) is 3.80. The summed E-state index contributed by atoms with van der Waals surface area (Å²) < 4.78 is 11.0. The highest BCUT2D eigenvalue weighted by atomic mass is 16.5. The highest BCUT2D eigenvalue weighted by Gasteiger charge is 2.28. The first kappa shape index (κ1) is 22.7.